The SMILES string of the molecule is CN[C@@H]1[C@H](O[C@H]2[C@H](O[C@@H]3[C@@H](N=C(N)N)[C@H](O)[C@@H](N=C(N)N)[C@H](O)[C@H]3OC3OC(C(=O)O)C(O)C(O)C3O)O[C@@H](C)[C@]2(O)C=O)O[C@@H](CO)[C@H](O)[C@H]1O. The zero-order valence-corrected chi connectivity index (χ0v) is 27.7. The zero-order valence-electron chi connectivity index (χ0n) is 27.7. The number of hydrogen-bond donors (Lipinski definition) is 15. The third-order valence-electron chi connectivity index (χ3n) is 9.41. The Morgan fingerprint density at radius 3 is 1.90 bits per heavy atom. The number of likely N-dealkylation sites (N-methyl/N-ethyl adjacent to an activating group) is 1. The van der Waals surface area contributed by atoms with Gasteiger partial charge in [-0.3, -0.25) is 4.79 Å². The van der Waals surface area contributed by atoms with E-state index in [9.17, 15) is 60.7 Å². The number of aliphatic carboxylic acids is 1. The maximum Gasteiger partial charge on any atom is 0.335 e. The van der Waals surface area contributed by atoms with E-state index >= 15 is 0 Å². The van der Waals surface area contributed by atoms with Crippen LogP contribution in [0.15, 0.2) is 9.98 Å². The number of carboxylic acids is 1. The molecule has 25 heteroatoms. The number of ether oxygens (including phenoxy) is 6. The Morgan fingerprint density at radius 2 is 1.37 bits per heavy atom. The maximum absolute atomic E-state index is 12.4. The predicted molar refractivity (Wildman–Crippen MR) is 166 cm³/mol. The monoisotopic (exact) mass is 757 g/mol. The van der Waals surface area contributed by atoms with Gasteiger partial charge in [0.05, 0.1) is 18.8 Å². The van der Waals surface area contributed by atoms with Crippen molar-refractivity contribution in [1.82, 2.24) is 5.32 Å². The van der Waals surface area contributed by atoms with Gasteiger partial charge in [-0.25, -0.2) is 14.8 Å². The summed E-state index contributed by atoms with van der Waals surface area (Å²) in [7, 11) is 1.36. The number of nitrogens with one attached hydrogen (secondary N) is 1. The summed E-state index contributed by atoms with van der Waals surface area (Å²) in [6, 6.07) is -4.73. The Bertz CT molecular complexity index is 1310. The molecule has 1 saturated carbocycles. The molecule has 0 aromatic rings. The van der Waals surface area contributed by atoms with Gasteiger partial charge in [-0.1, -0.05) is 0 Å². The van der Waals surface area contributed by atoms with E-state index in [0.717, 1.165) is 0 Å². The fourth-order valence-electron chi connectivity index (χ4n) is 6.54. The van der Waals surface area contributed by atoms with E-state index in [-0.39, 0.29) is 6.29 Å². The molecular formula is C27H47N7O18. The minimum Gasteiger partial charge on any atom is -0.479 e. The molecule has 19 N–H and O–H groups in total. The summed E-state index contributed by atoms with van der Waals surface area (Å²) < 4.78 is 34.4. The standard InChI is InChI=1S/C27H47N7O18/c1-5-27(46,4-36)20(52-22-9(32-2)12(39)10(37)6(3-35)48-22)24(47-5)49-17-8(34-26(30)31)11(38)7(33-25(28)29)13(40)18(17)50-23-16(43)14(41)15(42)19(51-23)21(44)45/h4-20,22-24,32,35,37-43,46H,3H2,1-2H3,(H,44,45)(H4,28,29,33)(H4,30,31,34)/t5-,6-,7+,8-,9-,10-,11+,12-,13-,14?,15?,16?,17+,18+,19?,20-,22-,23?,24-,27+/m0/s1. The highest BCUT2D eigenvalue weighted by Gasteiger charge is 2.62. The number of carboxylic acid groups (broad SMARTS) is 1. The van der Waals surface area contributed by atoms with E-state index < -0.39 is 146 Å². The smallest absolute Gasteiger partial charge is 0.335 e. The van der Waals surface area contributed by atoms with Gasteiger partial charge in [0.2, 0.25) is 0 Å². The average Bonchev–Trinajstić information content (AvgIpc) is 3.31. The van der Waals surface area contributed by atoms with Crippen LogP contribution >= 0.6 is 0 Å². The average molecular weight is 758 g/mol. The number of aliphatic hydroxyl groups is 9. The molecule has 0 aromatic carbocycles. The highest BCUT2D eigenvalue weighted by molar-refractivity contribution is 5.77. The van der Waals surface area contributed by atoms with Crippen molar-refractivity contribution in [2.75, 3.05) is 13.7 Å². The molecule has 0 amide bonds. The molecule has 1 aliphatic carbocycles. The van der Waals surface area contributed by atoms with Crippen molar-refractivity contribution in [2.24, 2.45) is 32.9 Å². The summed E-state index contributed by atoms with van der Waals surface area (Å²) in [4.78, 5) is 31.9. The number of carbonyl (C=O) groups excluding carboxylic acids is 1. The maximum atomic E-state index is 12.4. The lowest BCUT2D eigenvalue weighted by molar-refractivity contribution is -0.340. The Hall–Kier alpha value is -2.96. The fraction of sp³-hybridized carbons (Fsp3) is 0.852. The summed E-state index contributed by atoms with van der Waals surface area (Å²) >= 11 is 0. The van der Waals surface area contributed by atoms with E-state index in [1.807, 2.05) is 0 Å². The molecule has 20 atom stereocenters. The number of guanidine groups is 2. The van der Waals surface area contributed by atoms with E-state index in [1.165, 1.54) is 14.0 Å². The first-order valence-electron chi connectivity index (χ1n) is 15.9. The minimum absolute atomic E-state index is 0.0590. The molecule has 3 aliphatic heterocycles. The van der Waals surface area contributed by atoms with Crippen molar-refractivity contribution in [3.8, 4) is 0 Å². The van der Waals surface area contributed by atoms with Gasteiger partial charge in [-0.05, 0) is 14.0 Å². The van der Waals surface area contributed by atoms with Gasteiger partial charge in [0.25, 0.3) is 0 Å². The van der Waals surface area contributed by atoms with Crippen molar-refractivity contribution in [1.29, 1.82) is 0 Å². The molecule has 4 rings (SSSR count). The van der Waals surface area contributed by atoms with Crippen LogP contribution < -0.4 is 28.3 Å². The van der Waals surface area contributed by atoms with Crippen LogP contribution in [0.1, 0.15) is 6.92 Å². The fourth-order valence-corrected chi connectivity index (χ4v) is 6.54. The molecule has 52 heavy (non-hydrogen) atoms. The molecule has 3 heterocycles. The van der Waals surface area contributed by atoms with E-state index in [1.54, 1.807) is 0 Å². The molecule has 0 radical (unpaired) electrons. The van der Waals surface area contributed by atoms with Gasteiger partial charge in [-0.15, -0.1) is 0 Å². The number of rotatable bonds is 12. The van der Waals surface area contributed by atoms with Crippen LogP contribution in [-0.4, -0.2) is 211 Å². The second kappa shape index (κ2) is 16.6. The van der Waals surface area contributed by atoms with Gasteiger partial charge in [-0.2, -0.15) is 0 Å². The summed E-state index contributed by atoms with van der Waals surface area (Å²) in [5.41, 5.74) is 19.8. The van der Waals surface area contributed by atoms with E-state index in [4.69, 9.17) is 51.4 Å². The number of aliphatic imine (C=N–C) groups is 2. The second-order valence-corrected chi connectivity index (χ2v) is 12.7. The van der Waals surface area contributed by atoms with Crippen molar-refractivity contribution in [2.45, 2.75) is 129 Å². The highest BCUT2D eigenvalue weighted by Crippen LogP contribution is 2.40. The van der Waals surface area contributed by atoms with E-state index in [2.05, 4.69) is 15.3 Å². The molecule has 4 fully saturated rings. The second-order valence-electron chi connectivity index (χ2n) is 12.7. The van der Waals surface area contributed by atoms with Gasteiger partial charge in [0, 0.05) is 0 Å². The van der Waals surface area contributed by atoms with Crippen molar-refractivity contribution < 1.29 is 89.1 Å². The van der Waals surface area contributed by atoms with Crippen LogP contribution in [0, 0.1) is 0 Å². The lowest BCUT2D eigenvalue weighted by Crippen LogP contribution is -2.68. The van der Waals surface area contributed by atoms with Gasteiger partial charge < -0.3 is 108 Å². The third kappa shape index (κ3) is 7.94. The van der Waals surface area contributed by atoms with Gasteiger partial charge in [0.1, 0.15) is 79.2 Å². The molecule has 0 aromatic heterocycles. The minimum atomic E-state index is -2.56. The normalized spacial score (nSPS) is 48.1. The Labute approximate surface area is 294 Å². The first-order valence-corrected chi connectivity index (χ1v) is 15.9. The van der Waals surface area contributed by atoms with Crippen LogP contribution in [-0.2, 0) is 38.0 Å². The quantitative estimate of drug-likeness (QED) is 0.0499. The number of aldehydes is 1. The largest absolute Gasteiger partial charge is 0.479 e. The van der Waals surface area contributed by atoms with Crippen LogP contribution in [0.3, 0.4) is 0 Å². The molecule has 5 unspecified atom stereocenters. The van der Waals surface area contributed by atoms with Crippen molar-refractivity contribution >= 4 is 24.2 Å². The van der Waals surface area contributed by atoms with Crippen molar-refractivity contribution in [3.05, 3.63) is 0 Å². The Balaban J connectivity index is 1.79. The highest BCUT2D eigenvalue weighted by atomic mass is 16.8. The number of hydrogen-bond acceptors (Lipinski definition) is 20. The number of aliphatic hydroxyl groups excluding tert-OH is 8. The summed E-state index contributed by atoms with van der Waals surface area (Å²) in [6.07, 6.45) is -30.2. The van der Waals surface area contributed by atoms with Crippen LogP contribution in [0.5, 0.6) is 0 Å². The zero-order chi connectivity index (χ0) is 39.0. The molecule has 0 spiro atoms. The Kier molecular flexibility index (Phi) is 13.3. The topological polar surface area (TPSA) is 433 Å². The van der Waals surface area contributed by atoms with Crippen LogP contribution in [0.2, 0.25) is 0 Å². The van der Waals surface area contributed by atoms with Crippen LogP contribution in [0.25, 0.3) is 0 Å². The van der Waals surface area contributed by atoms with Gasteiger partial charge >= 0.3 is 5.97 Å². The molecule has 4 aliphatic rings. The molecular weight excluding hydrogens is 710 g/mol. The Morgan fingerprint density at radius 1 is 0.769 bits per heavy atom. The first kappa shape index (κ1) is 41.8. The third-order valence-corrected chi connectivity index (χ3v) is 9.41. The molecule has 298 valence electrons. The first-order chi connectivity index (χ1) is 24.3. The van der Waals surface area contributed by atoms with Crippen LogP contribution in [0.4, 0.5) is 0 Å². The molecule has 25 nitrogen and oxygen atoms in total. The molecule has 0 bridgehead atoms. The number of nitrogens with two attached hydrogens (primary N) is 4. The lowest BCUT2D eigenvalue weighted by atomic mass is 9.81. The van der Waals surface area contributed by atoms with Crippen molar-refractivity contribution in [3.63, 3.8) is 0 Å². The summed E-state index contributed by atoms with van der Waals surface area (Å²) in [5, 5.41) is 109. The summed E-state index contributed by atoms with van der Waals surface area (Å²) in [6.45, 7) is 0.452. The number of nitrogens with zero attached hydrogens (tertiary/aromatic N) is 2. The predicted octanol–water partition coefficient (Wildman–Crippen LogP) is -10.2. The number of carbonyl (C=O) groups is 2. The van der Waals surface area contributed by atoms with Gasteiger partial charge in [0.15, 0.2) is 48.8 Å². The summed E-state index contributed by atoms with van der Waals surface area (Å²) in [5.74, 6) is -3.10. The molecule has 3 saturated heterocycles. The lowest BCUT2D eigenvalue weighted by Gasteiger charge is -2.48. The van der Waals surface area contributed by atoms with E-state index in [0.29, 0.717) is 0 Å².